The molecule has 94 valence electrons. The standard InChI is InChI=1S/C11H18N4OS/c1-2-4-9-10(17-14-13-9)11(16)15-6-3-5-8(15)7-12/h8H,2-7,12H2,1H3. The van der Waals surface area contributed by atoms with Crippen LogP contribution in [0.25, 0.3) is 0 Å². The first kappa shape index (κ1) is 12.4. The van der Waals surface area contributed by atoms with Gasteiger partial charge in [0.05, 0.1) is 5.69 Å². The number of rotatable bonds is 4. The molecule has 0 saturated carbocycles. The van der Waals surface area contributed by atoms with E-state index < -0.39 is 0 Å². The summed E-state index contributed by atoms with van der Waals surface area (Å²) in [7, 11) is 0. The van der Waals surface area contributed by atoms with Gasteiger partial charge in [-0.2, -0.15) is 0 Å². The summed E-state index contributed by atoms with van der Waals surface area (Å²) >= 11 is 1.20. The van der Waals surface area contributed by atoms with E-state index in [9.17, 15) is 4.79 Å². The highest BCUT2D eigenvalue weighted by Gasteiger charge is 2.30. The maximum absolute atomic E-state index is 12.4. The molecule has 1 fully saturated rings. The Labute approximate surface area is 105 Å². The zero-order chi connectivity index (χ0) is 12.3. The second kappa shape index (κ2) is 5.55. The average molecular weight is 254 g/mol. The van der Waals surface area contributed by atoms with Crippen LogP contribution in [0.1, 0.15) is 41.6 Å². The Bertz CT molecular complexity index is 393. The molecule has 2 rings (SSSR count). The van der Waals surface area contributed by atoms with E-state index in [0.29, 0.717) is 11.4 Å². The van der Waals surface area contributed by atoms with Crippen LogP contribution >= 0.6 is 11.5 Å². The zero-order valence-electron chi connectivity index (χ0n) is 10.1. The molecule has 0 radical (unpaired) electrons. The lowest BCUT2D eigenvalue weighted by atomic mass is 10.2. The lowest BCUT2D eigenvalue weighted by molar-refractivity contribution is 0.0745. The zero-order valence-corrected chi connectivity index (χ0v) is 10.9. The molecule has 1 unspecified atom stereocenters. The summed E-state index contributed by atoms with van der Waals surface area (Å²) in [5.74, 6) is 0.0661. The van der Waals surface area contributed by atoms with Crippen LogP contribution in [0.2, 0.25) is 0 Å². The number of aryl methyl sites for hydroxylation is 1. The van der Waals surface area contributed by atoms with E-state index in [1.165, 1.54) is 11.5 Å². The second-order valence-electron chi connectivity index (χ2n) is 4.33. The third kappa shape index (κ3) is 2.47. The summed E-state index contributed by atoms with van der Waals surface area (Å²) in [6.07, 6.45) is 3.85. The van der Waals surface area contributed by atoms with Gasteiger partial charge in [-0.05, 0) is 30.8 Å². The molecule has 6 heteroatoms. The summed E-state index contributed by atoms with van der Waals surface area (Å²) in [5, 5.41) is 4.04. The molecule has 1 aromatic heterocycles. The first-order valence-electron chi connectivity index (χ1n) is 6.10. The highest BCUT2D eigenvalue weighted by molar-refractivity contribution is 7.08. The van der Waals surface area contributed by atoms with Gasteiger partial charge >= 0.3 is 0 Å². The fraction of sp³-hybridized carbons (Fsp3) is 0.727. The van der Waals surface area contributed by atoms with Crippen LogP contribution in [0.4, 0.5) is 0 Å². The molecule has 1 aliphatic rings. The number of carbonyl (C=O) groups excluding carboxylic acids is 1. The number of hydrogen-bond acceptors (Lipinski definition) is 5. The fourth-order valence-electron chi connectivity index (χ4n) is 2.25. The minimum absolute atomic E-state index is 0.0661. The first-order chi connectivity index (χ1) is 8.27. The maximum atomic E-state index is 12.4. The van der Waals surface area contributed by atoms with Crippen LogP contribution in [-0.4, -0.2) is 39.5 Å². The minimum Gasteiger partial charge on any atom is -0.334 e. The lowest BCUT2D eigenvalue weighted by Crippen LogP contribution is -2.39. The molecule has 17 heavy (non-hydrogen) atoms. The molecule has 1 aromatic rings. The molecule has 0 spiro atoms. The van der Waals surface area contributed by atoms with Crippen molar-refractivity contribution in [3.8, 4) is 0 Å². The molecule has 2 N–H and O–H groups in total. The van der Waals surface area contributed by atoms with Crippen molar-refractivity contribution in [2.75, 3.05) is 13.1 Å². The van der Waals surface area contributed by atoms with Crippen molar-refractivity contribution in [3.63, 3.8) is 0 Å². The number of likely N-dealkylation sites (tertiary alicyclic amines) is 1. The third-order valence-corrected chi connectivity index (χ3v) is 3.90. The van der Waals surface area contributed by atoms with Crippen LogP contribution in [0.5, 0.6) is 0 Å². The van der Waals surface area contributed by atoms with Gasteiger partial charge in [0.1, 0.15) is 4.88 Å². The van der Waals surface area contributed by atoms with Crippen LogP contribution in [0.3, 0.4) is 0 Å². The fourth-order valence-corrected chi connectivity index (χ4v) is 2.91. The Kier molecular flexibility index (Phi) is 4.06. The van der Waals surface area contributed by atoms with E-state index in [0.717, 1.165) is 37.9 Å². The Morgan fingerprint density at radius 2 is 2.47 bits per heavy atom. The summed E-state index contributed by atoms with van der Waals surface area (Å²) in [4.78, 5) is 15.0. The Morgan fingerprint density at radius 1 is 1.65 bits per heavy atom. The van der Waals surface area contributed by atoms with Gasteiger partial charge < -0.3 is 10.6 Å². The van der Waals surface area contributed by atoms with Gasteiger partial charge in [-0.25, -0.2) is 0 Å². The van der Waals surface area contributed by atoms with Crippen molar-refractivity contribution in [2.24, 2.45) is 5.73 Å². The molecule has 1 saturated heterocycles. The Hall–Kier alpha value is -1.01. The summed E-state index contributed by atoms with van der Waals surface area (Å²) < 4.78 is 3.90. The highest BCUT2D eigenvalue weighted by Crippen LogP contribution is 2.22. The molecule has 2 heterocycles. The molecule has 1 aliphatic heterocycles. The molecule has 0 aromatic carbocycles. The summed E-state index contributed by atoms with van der Waals surface area (Å²) in [5.41, 5.74) is 6.53. The van der Waals surface area contributed by atoms with Crippen LogP contribution in [0, 0.1) is 0 Å². The SMILES string of the molecule is CCCc1nnsc1C(=O)N1CCCC1CN. The largest absolute Gasteiger partial charge is 0.334 e. The van der Waals surface area contributed by atoms with Crippen molar-refractivity contribution < 1.29 is 4.79 Å². The third-order valence-electron chi connectivity index (χ3n) is 3.15. The number of nitrogens with two attached hydrogens (primary N) is 1. The first-order valence-corrected chi connectivity index (χ1v) is 6.87. The van der Waals surface area contributed by atoms with E-state index in [4.69, 9.17) is 5.73 Å². The average Bonchev–Trinajstić information content (AvgIpc) is 2.96. The molecular weight excluding hydrogens is 236 g/mol. The minimum atomic E-state index is 0.0661. The van der Waals surface area contributed by atoms with E-state index in [2.05, 4.69) is 16.5 Å². The Balaban J connectivity index is 2.15. The van der Waals surface area contributed by atoms with Crippen LogP contribution < -0.4 is 5.73 Å². The summed E-state index contributed by atoms with van der Waals surface area (Å²) in [6.45, 7) is 3.43. The normalized spacial score (nSPS) is 19.9. The molecule has 1 amide bonds. The smallest absolute Gasteiger partial charge is 0.267 e. The Morgan fingerprint density at radius 3 is 3.18 bits per heavy atom. The summed E-state index contributed by atoms with van der Waals surface area (Å²) in [6, 6.07) is 0.194. The van der Waals surface area contributed by atoms with Crippen molar-refractivity contribution in [1.29, 1.82) is 0 Å². The van der Waals surface area contributed by atoms with Gasteiger partial charge in [0, 0.05) is 19.1 Å². The number of nitrogens with zero attached hydrogens (tertiary/aromatic N) is 3. The quantitative estimate of drug-likeness (QED) is 0.872. The number of amides is 1. The number of hydrogen-bond donors (Lipinski definition) is 1. The van der Waals surface area contributed by atoms with E-state index >= 15 is 0 Å². The van der Waals surface area contributed by atoms with Crippen LogP contribution in [0.15, 0.2) is 0 Å². The van der Waals surface area contributed by atoms with Gasteiger partial charge in [-0.15, -0.1) is 5.10 Å². The number of carbonyl (C=O) groups is 1. The lowest BCUT2D eigenvalue weighted by Gasteiger charge is -2.22. The predicted octanol–water partition coefficient (Wildman–Crippen LogP) is 1.05. The van der Waals surface area contributed by atoms with Crippen molar-refractivity contribution in [3.05, 3.63) is 10.6 Å². The maximum Gasteiger partial charge on any atom is 0.267 e. The molecule has 0 aliphatic carbocycles. The molecular formula is C11H18N4OS. The van der Waals surface area contributed by atoms with Crippen molar-refractivity contribution in [1.82, 2.24) is 14.5 Å². The van der Waals surface area contributed by atoms with Gasteiger partial charge in [0.15, 0.2) is 0 Å². The van der Waals surface area contributed by atoms with Crippen molar-refractivity contribution >= 4 is 17.4 Å². The number of aromatic nitrogens is 2. The van der Waals surface area contributed by atoms with Gasteiger partial charge in [-0.1, -0.05) is 17.8 Å². The molecule has 1 atom stereocenters. The van der Waals surface area contributed by atoms with E-state index in [-0.39, 0.29) is 11.9 Å². The second-order valence-corrected chi connectivity index (χ2v) is 5.08. The van der Waals surface area contributed by atoms with Gasteiger partial charge in [-0.3, -0.25) is 4.79 Å². The highest BCUT2D eigenvalue weighted by atomic mass is 32.1. The topological polar surface area (TPSA) is 72.1 Å². The molecule has 0 bridgehead atoms. The monoisotopic (exact) mass is 254 g/mol. The van der Waals surface area contributed by atoms with Crippen molar-refractivity contribution in [2.45, 2.75) is 38.6 Å². The van der Waals surface area contributed by atoms with Gasteiger partial charge in [0.25, 0.3) is 5.91 Å². The van der Waals surface area contributed by atoms with Gasteiger partial charge in [0.2, 0.25) is 0 Å². The van der Waals surface area contributed by atoms with E-state index in [1.54, 1.807) is 0 Å². The van der Waals surface area contributed by atoms with E-state index in [1.807, 2.05) is 4.90 Å². The predicted molar refractivity (Wildman–Crippen MR) is 67.0 cm³/mol. The van der Waals surface area contributed by atoms with Crippen LogP contribution in [-0.2, 0) is 6.42 Å². The molecule has 5 nitrogen and oxygen atoms in total.